The van der Waals surface area contributed by atoms with Gasteiger partial charge in [-0.1, -0.05) is 12.1 Å². The van der Waals surface area contributed by atoms with E-state index in [-0.39, 0.29) is 16.8 Å². The number of likely N-dealkylation sites (tertiary alicyclic amines) is 1. The summed E-state index contributed by atoms with van der Waals surface area (Å²) in [6.45, 7) is 4.44. The number of hydrogen-bond donors (Lipinski definition) is 2. The van der Waals surface area contributed by atoms with E-state index in [0.717, 1.165) is 31.5 Å². The summed E-state index contributed by atoms with van der Waals surface area (Å²) in [5, 5.41) is 7.98. The van der Waals surface area contributed by atoms with Crippen LogP contribution in [0.25, 0.3) is 0 Å². The number of carbonyl (C=O) groups excluding carboxylic acids is 1. The Morgan fingerprint density at radius 3 is 2.41 bits per heavy atom. The van der Waals surface area contributed by atoms with E-state index in [0.29, 0.717) is 13.0 Å². The lowest BCUT2D eigenvalue weighted by Crippen LogP contribution is -2.44. The van der Waals surface area contributed by atoms with E-state index in [9.17, 15) is 13.2 Å². The number of nitrogens with two attached hydrogens (primary N) is 1. The molecule has 0 aromatic heterocycles. The van der Waals surface area contributed by atoms with Crippen molar-refractivity contribution >= 4 is 15.9 Å². The van der Waals surface area contributed by atoms with Gasteiger partial charge in [0.25, 0.3) is 0 Å². The molecule has 1 fully saturated rings. The maximum absolute atomic E-state index is 12.1. The van der Waals surface area contributed by atoms with Crippen molar-refractivity contribution in [3.63, 3.8) is 0 Å². The van der Waals surface area contributed by atoms with Crippen molar-refractivity contribution in [3.8, 4) is 0 Å². The van der Waals surface area contributed by atoms with Gasteiger partial charge >= 0.3 is 0 Å². The predicted octanol–water partition coefficient (Wildman–Crippen LogP) is 0.477. The number of nitrogens with zero attached hydrogens (tertiary/aromatic N) is 1. The lowest BCUT2D eigenvalue weighted by Gasteiger charge is -2.22. The molecule has 0 aliphatic carbocycles. The molecule has 1 aromatic rings. The average molecular weight is 325 g/mol. The second-order valence-corrected chi connectivity index (χ2v) is 7.21. The van der Waals surface area contributed by atoms with Crippen LogP contribution in [0.15, 0.2) is 29.2 Å². The molecule has 1 unspecified atom stereocenters. The Labute approximate surface area is 131 Å². The molecular weight excluding hydrogens is 302 g/mol. The van der Waals surface area contributed by atoms with Crippen molar-refractivity contribution in [3.05, 3.63) is 29.8 Å². The number of carbonyl (C=O) groups is 1. The summed E-state index contributed by atoms with van der Waals surface area (Å²) in [5.41, 5.74) is 0.960. The Morgan fingerprint density at radius 1 is 1.27 bits per heavy atom. The molecule has 6 nitrogen and oxygen atoms in total. The second-order valence-electron chi connectivity index (χ2n) is 5.65. The summed E-state index contributed by atoms with van der Waals surface area (Å²) in [7, 11) is -3.65. The van der Waals surface area contributed by atoms with Crippen molar-refractivity contribution in [1.82, 2.24) is 10.2 Å². The number of hydrogen-bond acceptors (Lipinski definition) is 4. The van der Waals surface area contributed by atoms with Gasteiger partial charge in [0.15, 0.2) is 0 Å². The largest absolute Gasteiger partial charge is 0.354 e. The number of amides is 1. The summed E-state index contributed by atoms with van der Waals surface area (Å²) in [6, 6.07) is 6.32. The van der Waals surface area contributed by atoms with Crippen LogP contribution in [0.5, 0.6) is 0 Å². The Balaban J connectivity index is 1.79. The molecule has 0 bridgehead atoms. The van der Waals surface area contributed by atoms with Crippen LogP contribution in [0.2, 0.25) is 0 Å². The van der Waals surface area contributed by atoms with Crippen LogP contribution in [0.4, 0.5) is 0 Å². The number of nitrogens with one attached hydrogen (secondary N) is 1. The molecule has 0 spiro atoms. The van der Waals surface area contributed by atoms with Gasteiger partial charge in [0.05, 0.1) is 10.9 Å². The van der Waals surface area contributed by atoms with Gasteiger partial charge in [-0.15, -0.1) is 0 Å². The highest BCUT2D eigenvalue weighted by molar-refractivity contribution is 7.89. The summed E-state index contributed by atoms with van der Waals surface area (Å²) in [4.78, 5) is 14.3. The first kappa shape index (κ1) is 16.9. The molecule has 2 rings (SSSR count). The van der Waals surface area contributed by atoms with Crippen LogP contribution in [0, 0.1) is 0 Å². The molecule has 1 amide bonds. The summed E-state index contributed by atoms with van der Waals surface area (Å²) in [5.74, 6) is 0.0445. The Bertz CT molecular complexity index is 607. The first-order valence-electron chi connectivity index (χ1n) is 7.51. The predicted molar refractivity (Wildman–Crippen MR) is 84.8 cm³/mol. The van der Waals surface area contributed by atoms with Crippen LogP contribution in [-0.4, -0.2) is 44.9 Å². The molecule has 1 aliphatic heterocycles. The van der Waals surface area contributed by atoms with Gasteiger partial charge in [0.2, 0.25) is 15.9 Å². The third kappa shape index (κ3) is 4.53. The molecule has 0 radical (unpaired) electrons. The van der Waals surface area contributed by atoms with Crippen LogP contribution in [-0.2, 0) is 21.2 Å². The van der Waals surface area contributed by atoms with Crippen LogP contribution in [0.1, 0.15) is 25.3 Å². The lowest BCUT2D eigenvalue weighted by molar-refractivity contribution is -0.125. The molecule has 0 saturated carbocycles. The van der Waals surface area contributed by atoms with E-state index >= 15 is 0 Å². The fraction of sp³-hybridized carbons (Fsp3) is 0.533. The minimum Gasteiger partial charge on any atom is -0.354 e. The fourth-order valence-corrected chi connectivity index (χ4v) is 3.13. The fourth-order valence-electron chi connectivity index (χ4n) is 2.62. The van der Waals surface area contributed by atoms with Crippen molar-refractivity contribution in [1.29, 1.82) is 0 Å². The average Bonchev–Trinajstić information content (AvgIpc) is 3.00. The van der Waals surface area contributed by atoms with Crippen LogP contribution in [0.3, 0.4) is 0 Å². The van der Waals surface area contributed by atoms with Gasteiger partial charge in [-0.3, -0.25) is 9.69 Å². The van der Waals surface area contributed by atoms with Crippen molar-refractivity contribution in [2.45, 2.75) is 37.1 Å². The molecule has 3 N–H and O–H groups in total. The van der Waals surface area contributed by atoms with E-state index < -0.39 is 10.0 Å². The zero-order valence-corrected chi connectivity index (χ0v) is 13.6. The lowest BCUT2D eigenvalue weighted by atomic mass is 10.1. The molecule has 22 heavy (non-hydrogen) atoms. The minimum absolute atomic E-state index is 0.0445. The Morgan fingerprint density at radius 2 is 1.86 bits per heavy atom. The highest BCUT2D eigenvalue weighted by atomic mass is 32.2. The Hall–Kier alpha value is -1.44. The molecule has 1 saturated heterocycles. The highest BCUT2D eigenvalue weighted by Crippen LogP contribution is 2.12. The number of benzene rings is 1. The second kappa shape index (κ2) is 7.21. The topological polar surface area (TPSA) is 92.5 Å². The normalized spacial score (nSPS) is 17.4. The quantitative estimate of drug-likeness (QED) is 0.795. The number of sulfonamides is 1. The molecular formula is C15H23N3O3S. The van der Waals surface area contributed by atoms with Gasteiger partial charge in [-0.2, -0.15) is 0 Å². The van der Waals surface area contributed by atoms with Gasteiger partial charge in [-0.05, 0) is 57.0 Å². The maximum atomic E-state index is 12.1. The first-order valence-corrected chi connectivity index (χ1v) is 9.06. The molecule has 7 heteroatoms. The van der Waals surface area contributed by atoms with Gasteiger partial charge in [-0.25, -0.2) is 13.6 Å². The maximum Gasteiger partial charge on any atom is 0.238 e. The molecule has 1 aliphatic rings. The van der Waals surface area contributed by atoms with Crippen LogP contribution >= 0.6 is 0 Å². The van der Waals surface area contributed by atoms with Gasteiger partial charge in [0, 0.05) is 6.54 Å². The summed E-state index contributed by atoms with van der Waals surface area (Å²) < 4.78 is 22.3. The van der Waals surface area contributed by atoms with E-state index in [4.69, 9.17) is 5.14 Å². The zero-order chi connectivity index (χ0) is 16.2. The SMILES string of the molecule is CC(C(=O)NCCc1ccc(S(N)(=O)=O)cc1)N1CCCC1. The number of primary sulfonamides is 1. The van der Waals surface area contributed by atoms with Crippen molar-refractivity contribution in [2.24, 2.45) is 5.14 Å². The van der Waals surface area contributed by atoms with E-state index in [1.54, 1.807) is 12.1 Å². The van der Waals surface area contributed by atoms with Crippen molar-refractivity contribution in [2.75, 3.05) is 19.6 Å². The molecule has 1 heterocycles. The van der Waals surface area contributed by atoms with Gasteiger partial charge in [0.1, 0.15) is 0 Å². The molecule has 1 aromatic carbocycles. The van der Waals surface area contributed by atoms with Gasteiger partial charge < -0.3 is 5.32 Å². The monoisotopic (exact) mass is 325 g/mol. The third-order valence-corrected chi connectivity index (χ3v) is 4.96. The Kier molecular flexibility index (Phi) is 5.55. The van der Waals surface area contributed by atoms with E-state index in [2.05, 4.69) is 10.2 Å². The summed E-state index contributed by atoms with van der Waals surface area (Å²) >= 11 is 0. The molecule has 1 atom stereocenters. The first-order chi connectivity index (χ1) is 10.4. The highest BCUT2D eigenvalue weighted by Gasteiger charge is 2.23. The molecule has 122 valence electrons. The van der Waals surface area contributed by atoms with E-state index in [1.165, 1.54) is 12.1 Å². The van der Waals surface area contributed by atoms with Crippen molar-refractivity contribution < 1.29 is 13.2 Å². The number of rotatable bonds is 6. The summed E-state index contributed by atoms with van der Waals surface area (Å²) in [6.07, 6.45) is 2.98. The van der Waals surface area contributed by atoms with E-state index in [1.807, 2.05) is 6.92 Å². The smallest absolute Gasteiger partial charge is 0.238 e. The third-order valence-electron chi connectivity index (χ3n) is 4.03. The zero-order valence-electron chi connectivity index (χ0n) is 12.8. The van der Waals surface area contributed by atoms with Crippen LogP contribution < -0.4 is 10.5 Å². The standard InChI is InChI=1S/C15H23N3O3S/c1-12(18-10-2-3-11-18)15(19)17-9-8-13-4-6-14(7-5-13)22(16,20)21/h4-7,12H,2-3,8-11H2,1H3,(H,17,19)(H2,16,20,21). The minimum atomic E-state index is -3.65.